The largest absolute Gasteiger partial charge is 0.488 e. The van der Waals surface area contributed by atoms with Crippen molar-refractivity contribution in [3.63, 3.8) is 0 Å². The molecule has 0 saturated heterocycles. The van der Waals surface area contributed by atoms with Crippen LogP contribution in [0.3, 0.4) is 0 Å². The second-order valence-corrected chi connectivity index (χ2v) is 26.7. The molecule has 2 aromatic heterocycles. The van der Waals surface area contributed by atoms with E-state index < -0.39 is 11.2 Å². The minimum Gasteiger partial charge on any atom is -0.488 e. The van der Waals surface area contributed by atoms with Crippen molar-refractivity contribution in [1.82, 2.24) is 20.0 Å². The lowest BCUT2D eigenvalue weighted by molar-refractivity contribution is -0.175. The number of alkyl halides is 1. The van der Waals surface area contributed by atoms with Crippen LogP contribution in [0.5, 0.6) is 11.5 Å². The zero-order chi connectivity index (χ0) is 51.1. The van der Waals surface area contributed by atoms with Crippen molar-refractivity contribution in [3.05, 3.63) is 24.8 Å². The molecule has 10 rings (SSSR count). The Bertz CT molecular complexity index is 2090. The molecule has 2 heterocycles. The summed E-state index contributed by atoms with van der Waals surface area (Å²) in [6.45, 7) is 18.9. The van der Waals surface area contributed by atoms with E-state index in [9.17, 15) is 19.8 Å². The Labute approximate surface area is 442 Å². The second-order valence-electron chi connectivity index (χ2n) is 26.1. The van der Waals surface area contributed by atoms with Crippen molar-refractivity contribution in [1.29, 1.82) is 0 Å². The molecule has 0 unspecified atom stereocenters. The van der Waals surface area contributed by atoms with Gasteiger partial charge in [-0.25, -0.2) is 0 Å². The molecule has 16 atom stereocenters. The maximum atomic E-state index is 13.6. The molecule has 0 aromatic carbocycles. The maximum absolute atomic E-state index is 13.6. The van der Waals surface area contributed by atoms with E-state index in [2.05, 4.69) is 45.1 Å². The highest BCUT2D eigenvalue weighted by Gasteiger charge is 2.65. The van der Waals surface area contributed by atoms with E-state index in [1.54, 1.807) is 23.3 Å². The summed E-state index contributed by atoms with van der Waals surface area (Å²) >= 11 is 3.43. The molecule has 3 N–H and O–H groups in total. The fourth-order valence-corrected chi connectivity index (χ4v) is 18.7. The highest BCUT2D eigenvalue weighted by Crippen LogP contribution is 2.70. The van der Waals surface area contributed by atoms with Crippen molar-refractivity contribution in [2.75, 3.05) is 32.8 Å². The number of Topliss-reactive ketones (excluding diaryl/α,β-unsaturated/α-hetero) is 2. The Kier molecular flexibility index (Phi) is 18.1. The number of nitrogens with one attached hydrogen (secondary N) is 1. The van der Waals surface area contributed by atoms with Gasteiger partial charge in [-0.1, -0.05) is 37.2 Å². The molecule has 0 spiro atoms. The fraction of sp³-hybridized carbons (Fsp3) is 0.864. The highest BCUT2D eigenvalue weighted by atomic mass is 79.9. The van der Waals surface area contributed by atoms with Gasteiger partial charge in [0.1, 0.15) is 5.78 Å². The topological polar surface area (TPSA) is 158 Å². The van der Waals surface area contributed by atoms with Gasteiger partial charge in [0.15, 0.2) is 17.3 Å². The van der Waals surface area contributed by atoms with Crippen LogP contribution in [0.2, 0.25) is 0 Å². The number of aliphatic hydroxyl groups is 2. The first kappa shape index (κ1) is 57.4. The third-order valence-corrected chi connectivity index (χ3v) is 21.7. The van der Waals surface area contributed by atoms with Gasteiger partial charge < -0.3 is 29.2 Å². The Morgan fingerprint density at radius 2 is 1.15 bits per heavy atom. The normalized spacial score (nSPS) is 41.6. The SMILES string of the molecule is C.CC(C)Oc1cn[nH]c1.COC[C@]12CC[C@@](C)(O)C[C@H]1CC[C@H]1[C@@H]3CC[C@H](C(=O)CBr)[C@@]3(C)CC[C@@H]12.COC[C@]12CC[C@@](C)(O)C[C@H]1CC[C@H]1[C@@H]3CC[C@H](C(=O)Cn4cc(OC(C)C)cn4)[C@@]3(C)CC[C@@H]12. The average Bonchev–Trinajstić information content (AvgIpc) is 4.13. The van der Waals surface area contributed by atoms with E-state index in [0.717, 1.165) is 88.4 Å². The van der Waals surface area contributed by atoms with Crippen LogP contribution in [0.1, 0.15) is 178 Å². The summed E-state index contributed by atoms with van der Waals surface area (Å²) in [5.41, 5.74) is -0.296. The van der Waals surface area contributed by atoms with Crippen LogP contribution in [0.15, 0.2) is 24.8 Å². The van der Waals surface area contributed by atoms with Crippen LogP contribution in [0, 0.1) is 80.8 Å². The number of rotatable bonds is 13. The number of nitrogens with zero attached hydrogens (tertiary/aromatic N) is 3. The molecule has 0 aliphatic heterocycles. The minimum absolute atomic E-state index is 0. The van der Waals surface area contributed by atoms with Crippen LogP contribution in [0.4, 0.5) is 0 Å². The summed E-state index contributed by atoms with van der Waals surface area (Å²) in [4.78, 5) is 26.2. The third-order valence-electron chi connectivity index (χ3n) is 21.2. The van der Waals surface area contributed by atoms with Crippen molar-refractivity contribution < 1.29 is 38.7 Å². The number of H-pyrrole nitrogens is 1. The molecular formula is C59H97BrN4O8. The van der Waals surface area contributed by atoms with E-state index in [1.807, 2.05) is 62.0 Å². The molecule has 8 aliphatic carbocycles. The van der Waals surface area contributed by atoms with Gasteiger partial charge in [-0.2, -0.15) is 10.2 Å². The van der Waals surface area contributed by atoms with Gasteiger partial charge in [-0.3, -0.25) is 19.4 Å². The first-order chi connectivity index (χ1) is 33.6. The molecule has 408 valence electrons. The van der Waals surface area contributed by atoms with Gasteiger partial charge in [-0.15, -0.1) is 0 Å². The molecule has 8 saturated carbocycles. The molecule has 8 fully saturated rings. The maximum Gasteiger partial charge on any atom is 0.157 e. The summed E-state index contributed by atoms with van der Waals surface area (Å²) in [5, 5.41) is 32.9. The number of carbonyl (C=O) groups is 2. The summed E-state index contributed by atoms with van der Waals surface area (Å²) in [6.07, 6.45) is 27.3. The van der Waals surface area contributed by atoms with Crippen molar-refractivity contribution in [2.45, 2.75) is 208 Å². The number of halogens is 1. The zero-order valence-corrected chi connectivity index (χ0v) is 46.9. The first-order valence-electron chi connectivity index (χ1n) is 28.0. The molecule has 0 bridgehead atoms. The number of fused-ring (bicyclic) bond motifs is 10. The Morgan fingerprint density at radius 3 is 1.60 bits per heavy atom. The summed E-state index contributed by atoms with van der Waals surface area (Å²) in [6, 6.07) is 0. The zero-order valence-electron chi connectivity index (χ0n) is 45.4. The van der Waals surface area contributed by atoms with Crippen LogP contribution in [-0.2, 0) is 25.6 Å². The first-order valence-corrected chi connectivity index (χ1v) is 29.1. The Hall–Kier alpha value is -2.32. The summed E-state index contributed by atoms with van der Waals surface area (Å²) in [7, 11) is 3.71. The third kappa shape index (κ3) is 11.2. The predicted molar refractivity (Wildman–Crippen MR) is 287 cm³/mol. The average molecular weight is 1070 g/mol. The van der Waals surface area contributed by atoms with Gasteiger partial charge in [0.25, 0.3) is 0 Å². The molecule has 72 heavy (non-hydrogen) atoms. The molecule has 0 amide bonds. The van der Waals surface area contributed by atoms with E-state index in [4.69, 9.17) is 18.9 Å². The number of hydrogen-bond acceptors (Lipinski definition) is 10. The second kappa shape index (κ2) is 22.7. The number of ether oxygens (including phenoxy) is 4. The summed E-state index contributed by atoms with van der Waals surface area (Å²) < 4.78 is 24.5. The van der Waals surface area contributed by atoms with Gasteiger partial charge in [0.2, 0.25) is 0 Å². The van der Waals surface area contributed by atoms with Crippen LogP contribution in [0.25, 0.3) is 0 Å². The van der Waals surface area contributed by atoms with Gasteiger partial charge >= 0.3 is 0 Å². The van der Waals surface area contributed by atoms with Gasteiger partial charge in [0.05, 0.1) is 73.3 Å². The lowest BCUT2D eigenvalue weighted by Crippen LogP contribution is -2.58. The molecule has 13 heteroatoms. The number of carbonyl (C=O) groups excluding carboxylic acids is 2. The van der Waals surface area contributed by atoms with E-state index in [0.29, 0.717) is 64.9 Å². The van der Waals surface area contributed by atoms with Crippen molar-refractivity contribution >= 4 is 27.5 Å². The van der Waals surface area contributed by atoms with E-state index in [-0.39, 0.29) is 53.1 Å². The quantitative estimate of drug-likeness (QED) is 0.165. The van der Waals surface area contributed by atoms with E-state index >= 15 is 0 Å². The van der Waals surface area contributed by atoms with Crippen LogP contribution in [-0.4, -0.2) is 97.9 Å². The smallest absolute Gasteiger partial charge is 0.157 e. The van der Waals surface area contributed by atoms with Crippen molar-refractivity contribution in [3.8, 4) is 11.5 Å². The standard InChI is InChI=1S/C29H46N2O4.C23H37BrO3.C6H10N2O.CH4/c1-19(2)35-21-15-30-31(16-21)17-26(32)25-9-8-23-22-7-6-20-14-27(3,33)12-13-29(20,18-34-5)24(22)10-11-28(23,25)4;1-21(26)10-11-23(14-27-3)15(12-21)4-5-16-17-6-7-19(20(25)13-24)22(17,2)9-8-18(16)23;1-5(2)9-6-3-7-8-4-6;/h15-16,19-20,22-25,33H,6-14,17-18H2,1-5H3;15-19,26H,4-14H2,1-3H3;3-5H,1-2H3,(H,7,8);1H4/t20-,22+,23+,24+,25-,27-,28+,29-;15-,16+,17+,18+,19-,21-,22+,23-;;/m11../s1. The molecule has 8 aliphatic rings. The lowest BCUT2D eigenvalue weighted by Gasteiger charge is -2.62. The lowest BCUT2D eigenvalue weighted by atomic mass is 9.43. The molecule has 12 nitrogen and oxygen atoms in total. The molecular weight excluding hydrogens is 973 g/mol. The van der Waals surface area contributed by atoms with Crippen LogP contribution >= 0.6 is 15.9 Å². The number of aromatic nitrogens is 4. The monoisotopic (exact) mass is 1070 g/mol. The minimum atomic E-state index is -0.532. The predicted octanol–water partition coefficient (Wildman–Crippen LogP) is 12.1. The Morgan fingerprint density at radius 1 is 0.667 bits per heavy atom. The molecule has 0 radical (unpaired) electrons. The van der Waals surface area contributed by atoms with Gasteiger partial charge in [0, 0.05) is 26.1 Å². The number of aromatic amines is 1. The van der Waals surface area contributed by atoms with E-state index in [1.165, 1.54) is 57.8 Å². The highest BCUT2D eigenvalue weighted by molar-refractivity contribution is 9.09. The van der Waals surface area contributed by atoms with Crippen molar-refractivity contribution in [2.24, 2.45) is 80.8 Å². The summed E-state index contributed by atoms with van der Waals surface area (Å²) in [5.74, 6) is 7.91. The number of ketones is 2. The number of hydrogen-bond donors (Lipinski definition) is 3. The number of methoxy groups -OCH3 is 2. The fourth-order valence-electron chi connectivity index (χ4n) is 18.3. The molecule has 2 aromatic rings. The Balaban J connectivity index is 0.000000182. The van der Waals surface area contributed by atoms with Gasteiger partial charge in [-0.05, 0) is 226 Å². The van der Waals surface area contributed by atoms with Crippen LogP contribution < -0.4 is 9.47 Å².